The van der Waals surface area contributed by atoms with E-state index in [0.29, 0.717) is 42.7 Å². The van der Waals surface area contributed by atoms with Crippen LogP contribution in [0, 0.1) is 0 Å². The molecule has 20 heavy (non-hydrogen) atoms. The van der Waals surface area contributed by atoms with Crippen molar-refractivity contribution in [3.63, 3.8) is 0 Å². The standard InChI is InChI=1S/C14H22ClNO4/c1-18-7-4-16-10-11-8-12(15)9-13(19-2)14(11)20-6-3-5-17/h8-9,16-17H,3-7,10H2,1-2H3. The van der Waals surface area contributed by atoms with Gasteiger partial charge in [-0.25, -0.2) is 0 Å². The van der Waals surface area contributed by atoms with Gasteiger partial charge in [0.15, 0.2) is 11.5 Å². The zero-order valence-electron chi connectivity index (χ0n) is 11.9. The van der Waals surface area contributed by atoms with Crippen molar-refractivity contribution in [2.45, 2.75) is 13.0 Å². The highest BCUT2D eigenvalue weighted by Crippen LogP contribution is 2.34. The van der Waals surface area contributed by atoms with Gasteiger partial charge in [0.1, 0.15) is 0 Å². The third kappa shape index (κ3) is 5.54. The largest absolute Gasteiger partial charge is 0.493 e. The van der Waals surface area contributed by atoms with Crippen LogP contribution in [0.2, 0.25) is 5.02 Å². The minimum Gasteiger partial charge on any atom is -0.493 e. The summed E-state index contributed by atoms with van der Waals surface area (Å²) in [5.74, 6) is 1.26. The number of nitrogens with one attached hydrogen (secondary N) is 1. The Morgan fingerprint density at radius 3 is 2.70 bits per heavy atom. The molecule has 0 amide bonds. The SMILES string of the molecule is COCCNCc1cc(Cl)cc(OC)c1OCCCO. The number of hydrogen-bond donors (Lipinski definition) is 2. The summed E-state index contributed by atoms with van der Waals surface area (Å²) in [6, 6.07) is 3.56. The number of hydrogen-bond acceptors (Lipinski definition) is 5. The van der Waals surface area contributed by atoms with E-state index in [4.69, 9.17) is 30.9 Å². The maximum atomic E-state index is 8.83. The highest BCUT2D eigenvalue weighted by molar-refractivity contribution is 6.30. The quantitative estimate of drug-likeness (QED) is 0.646. The minimum atomic E-state index is 0.0946. The summed E-state index contributed by atoms with van der Waals surface area (Å²) in [6.07, 6.45) is 0.572. The molecule has 1 aromatic rings. The van der Waals surface area contributed by atoms with Crippen molar-refractivity contribution in [3.8, 4) is 11.5 Å². The molecule has 0 radical (unpaired) electrons. The number of aliphatic hydroxyl groups excluding tert-OH is 1. The van der Waals surface area contributed by atoms with Gasteiger partial charge in [0.2, 0.25) is 0 Å². The Morgan fingerprint density at radius 1 is 1.25 bits per heavy atom. The molecule has 1 rings (SSSR count). The number of methoxy groups -OCH3 is 2. The molecule has 0 saturated heterocycles. The van der Waals surface area contributed by atoms with Gasteiger partial charge >= 0.3 is 0 Å². The molecule has 0 fully saturated rings. The third-order valence-corrected chi connectivity index (χ3v) is 2.88. The monoisotopic (exact) mass is 303 g/mol. The van der Waals surface area contributed by atoms with Crippen LogP contribution in [0.15, 0.2) is 12.1 Å². The molecule has 0 heterocycles. The van der Waals surface area contributed by atoms with Crippen molar-refractivity contribution in [2.24, 2.45) is 0 Å². The molecule has 0 aromatic heterocycles. The Kier molecular flexibility index (Phi) is 8.37. The van der Waals surface area contributed by atoms with Gasteiger partial charge in [0.25, 0.3) is 0 Å². The van der Waals surface area contributed by atoms with E-state index < -0.39 is 0 Å². The molecule has 5 nitrogen and oxygen atoms in total. The van der Waals surface area contributed by atoms with Crippen LogP contribution in [0.25, 0.3) is 0 Å². The third-order valence-electron chi connectivity index (χ3n) is 2.66. The van der Waals surface area contributed by atoms with Crippen molar-refractivity contribution in [1.82, 2.24) is 5.32 Å². The minimum absolute atomic E-state index is 0.0946. The van der Waals surface area contributed by atoms with Gasteiger partial charge < -0.3 is 24.6 Å². The van der Waals surface area contributed by atoms with Crippen LogP contribution < -0.4 is 14.8 Å². The Hall–Kier alpha value is -1.01. The van der Waals surface area contributed by atoms with Gasteiger partial charge in [-0.15, -0.1) is 0 Å². The predicted octanol–water partition coefficient (Wildman–Crippen LogP) is 1.85. The van der Waals surface area contributed by atoms with E-state index in [-0.39, 0.29) is 6.61 Å². The number of rotatable bonds is 10. The van der Waals surface area contributed by atoms with Crippen LogP contribution >= 0.6 is 11.6 Å². The van der Waals surface area contributed by atoms with E-state index in [0.717, 1.165) is 12.1 Å². The van der Waals surface area contributed by atoms with Gasteiger partial charge in [0, 0.05) is 49.9 Å². The van der Waals surface area contributed by atoms with Crippen LogP contribution in [0.1, 0.15) is 12.0 Å². The molecule has 0 aliphatic heterocycles. The fraction of sp³-hybridized carbons (Fsp3) is 0.571. The van der Waals surface area contributed by atoms with Crippen molar-refractivity contribution in [3.05, 3.63) is 22.7 Å². The van der Waals surface area contributed by atoms with E-state index in [1.54, 1.807) is 20.3 Å². The van der Waals surface area contributed by atoms with Gasteiger partial charge in [0.05, 0.1) is 20.3 Å². The van der Waals surface area contributed by atoms with Crippen molar-refractivity contribution < 1.29 is 19.3 Å². The molecular formula is C14H22ClNO4. The highest BCUT2D eigenvalue weighted by atomic mass is 35.5. The Bertz CT molecular complexity index is 401. The van der Waals surface area contributed by atoms with Crippen LogP contribution in [0.3, 0.4) is 0 Å². The Morgan fingerprint density at radius 2 is 2.05 bits per heavy atom. The molecule has 0 atom stereocenters. The summed E-state index contributed by atoms with van der Waals surface area (Å²) in [7, 11) is 3.24. The van der Waals surface area contributed by atoms with Crippen molar-refractivity contribution in [1.29, 1.82) is 0 Å². The second-order valence-electron chi connectivity index (χ2n) is 4.19. The summed E-state index contributed by atoms with van der Waals surface area (Å²) in [5, 5.41) is 12.7. The van der Waals surface area contributed by atoms with Gasteiger partial charge in [-0.05, 0) is 6.07 Å². The van der Waals surface area contributed by atoms with Gasteiger partial charge in [-0.3, -0.25) is 0 Å². The molecule has 6 heteroatoms. The Labute approximate surface area is 124 Å². The maximum absolute atomic E-state index is 8.83. The second-order valence-corrected chi connectivity index (χ2v) is 4.63. The van der Waals surface area contributed by atoms with Crippen LogP contribution in [0.5, 0.6) is 11.5 Å². The molecule has 0 unspecified atom stereocenters. The first kappa shape index (κ1) is 17.0. The smallest absolute Gasteiger partial charge is 0.165 e. The first-order valence-electron chi connectivity index (χ1n) is 6.52. The van der Waals surface area contributed by atoms with Gasteiger partial charge in [-0.2, -0.15) is 0 Å². The summed E-state index contributed by atoms with van der Waals surface area (Å²) in [4.78, 5) is 0. The summed E-state index contributed by atoms with van der Waals surface area (Å²) in [5.41, 5.74) is 0.920. The number of ether oxygens (including phenoxy) is 3. The molecule has 114 valence electrons. The lowest BCUT2D eigenvalue weighted by molar-refractivity contribution is 0.198. The number of aliphatic hydroxyl groups is 1. The van der Waals surface area contributed by atoms with E-state index in [9.17, 15) is 0 Å². The lowest BCUT2D eigenvalue weighted by atomic mass is 10.2. The normalized spacial score (nSPS) is 10.6. The molecule has 0 aliphatic carbocycles. The fourth-order valence-electron chi connectivity index (χ4n) is 1.71. The predicted molar refractivity (Wildman–Crippen MR) is 78.8 cm³/mol. The second kappa shape index (κ2) is 9.83. The van der Waals surface area contributed by atoms with E-state index >= 15 is 0 Å². The molecular weight excluding hydrogens is 282 g/mol. The molecule has 0 saturated carbocycles. The lowest BCUT2D eigenvalue weighted by Gasteiger charge is -2.16. The van der Waals surface area contributed by atoms with Gasteiger partial charge in [-0.1, -0.05) is 11.6 Å². The lowest BCUT2D eigenvalue weighted by Crippen LogP contribution is -2.19. The fourth-order valence-corrected chi connectivity index (χ4v) is 1.94. The zero-order valence-corrected chi connectivity index (χ0v) is 12.7. The summed E-state index contributed by atoms with van der Waals surface area (Å²) >= 11 is 6.07. The summed E-state index contributed by atoms with van der Waals surface area (Å²) in [6.45, 7) is 2.51. The molecule has 2 N–H and O–H groups in total. The van der Waals surface area contributed by atoms with E-state index in [2.05, 4.69) is 5.32 Å². The summed E-state index contributed by atoms with van der Waals surface area (Å²) < 4.78 is 16.0. The highest BCUT2D eigenvalue weighted by Gasteiger charge is 2.12. The molecule has 0 aliphatic rings. The average molecular weight is 304 g/mol. The van der Waals surface area contributed by atoms with Crippen molar-refractivity contribution in [2.75, 3.05) is 40.6 Å². The molecule has 0 spiro atoms. The van der Waals surface area contributed by atoms with E-state index in [1.807, 2.05) is 6.07 Å². The maximum Gasteiger partial charge on any atom is 0.165 e. The van der Waals surface area contributed by atoms with Crippen LogP contribution in [-0.2, 0) is 11.3 Å². The van der Waals surface area contributed by atoms with Crippen LogP contribution in [-0.4, -0.2) is 45.7 Å². The average Bonchev–Trinajstić information content (AvgIpc) is 2.45. The molecule has 0 bridgehead atoms. The van der Waals surface area contributed by atoms with Crippen LogP contribution in [0.4, 0.5) is 0 Å². The molecule has 1 aromatic carbocycles. The number of benzene rings is 1. The topological polar surface area (TPSA) is 60.0 Å². The number of halogens is 1. The van der Waals surface area contributed by atoms with Crippen molar-refractivity contribution >= 4 is 11.6 Å². The Balaban J connectivity index is 2.79. The zero-order chi connectivity index (χ0) is 14.8. The first-order chi connectivity index (χ1) is 9.72. The first-order valence-corrected chi connectivity index (χ1v) is 6.90. The van der Waals surface area contributed by atoms with E-state index in [1.165, 1.54) is 0 Å².